The van der Waals surface area contributed by atoms with Gasteiger partial charge >= 0.3 is 0 Å². The summed E-state index contributed by atoms with van der Waals surface area (Å²) in [5.74, 6) is 1.22. The lowest BCUT2D eigenvalue weighted by Gasteiger charge is -2.23. The summed E-state index contributed by atoms with van der Waals surface area (Å²) in [7, 11) is 0. The van der Waals surface area contributed by atoms with Gasteiger partial charge in [0.15, 0.2) is 0 Å². The Bertz CT molecular complexity index is 150. The fraction of sp³-hybridized carbons (Fsp3) is 1.00. The fourth-order valence-corrected chi connectivity index (χ4v) is 2.57. The minimum Gasteiger partial charge on any atom is -0.381 e. The Hall–Kier alpha value is 0.270. The van der Waals surface area contributed by atoms with E-state index in [0.717, 1.165) is 25.0 Å². The van der Waals surface area contributed by atoms with Gasteiger partial charge in [0.2, 0.25) is 0 Å². The molecule has 2 nitrogen and oxygen atoms in total. The minimum absolute atomic E-state index is 0.260. The van der Waals surface area contributed by atoms with Crippen molar-refractivity contribution in [3.05, 3.63) is 0 Å². The average Bonchev–Trinajstić information content (AvgIpc) is 2.13. The third-order valence-corrected chi connectivity index (χ3v) is 3.66. The van der Waals surface area contributed by atoms with E-state index in [1.165, 1.54) is 18.6 Å². The van der Waals surface area contributed by atoms with Gasteiger partial charge in [-0.3, -0.25) is 0 Å². The quantitative estimate of drug-likeness (QED) is 0.730. The molecule has 1 fully saturated rings. The summed E-state index contributed by atoms with van der Waals surface area (Å²) in [6.07, 6.45) is 2.47. The summed E-state index contributed by atoms with van der Waals surface area (Å²) in [6.45, 7) is 9.69. The zero-order valence-electron chi connectivity index (χ0n) is 9.64. The molecule has 1 N–H and O–H groups in total. The summed E-state index contributed by atoms with van der Waals surface area (Å²) in [4.78, 5) is 0. The highest BCUT2D eigenvalue weighted by molar-refractivity contribution is 7.99. The van der Waals surface area contributed by atoms with E-state index in [1.54, 1.807) is 0 Å². The lowest BCUT2D eigenvalue weighted by atomic mass is 10.1. The Morgan fingerprint density at radius 2 is 1.93 bits per heavy atom. The molecule has 3 heteroatoms. The molecule has 0 unspecified atom stereocenters. The lowest BCUT2D eigenvalue weighted by molar-refractivity contribution is 0.100. The van der Waals surface area contributed by atoms with Crippen molar-refractivity contribution in [2.24, 2.45) is 0 Å². The van der Waals surface area contributed by atoms with Crippen LogP contribution in [0.2, 0.25) is 0 Å². The van der Waals surface area contributed by atoms with Crippen molar-refractivity contribution >= 4 is 11.8 Å². The first kappa shape index (κ1) is 12.3. The zero-order valence-corrected chi connectivity index (χ0v) is 10.5. The second-order valence-electron chi connectivity index (χ2n) is 4.86. The predicted octanol–water partition coefficient (Wildman–Crippen LogP) is 2.29. The van der Waals surface area contributed by atoms with Gasteiger partial charge in [-0.05, 0) is 33.6 Å². The second kappa shape index (κ2) is 5.99. The van der Waals surface area contributed by atoms with Crippen LogP contribution in [0.5, 0.6) is 0 Å². The van der Waals surface area contributed by atoms with E-state index < -0.39 is 0 Å². The van der Waals surface area contributed by atoms with Crippen LogP contribution in [0.3, 0.4) is 0 Å². The summed E-state index contributed by atoms with van der Waals surface area (Å²) in [6, 6.07) is 0. The van der Waals surface area contributed by atoms with Crippen LogP contribution in [0.25, 0.3) is 0 Å². The predicted molar refractivity (Wildman–Crippen MR) is 64.1 cm³/mol. The number of hydrogen-bond acceptors (Lipinski definition) is 3. The number of ether oxygens (including phenoxy) is 1. The fourth-order valence-electron chi connectivity index (χ4n) is 1.49. The number of hydrogen-bond donors (Lipinski definition) is 1. The van der Waals surface area contributed by atoms with E-state index in [2.05, 4.69) is 37.8 Å². The molecule has 84 valence electrons. The molecule has 1 heterocycles. The van der Waals surface area contributed by atoms with Gasteiger partial charge in [0.05, 0.1) is 0 Å². The van der Waals surface area contributed by atoms with Crippen molar-refractivity contribution in [2.75, 3.05) is 25.5 Å². The van der Waals surface area contributed by atoms with Crippen LogP contribution in [0, 0.1) is 0 Å². The summed E-state index contributed by atoms with van der Waals surface area (Å²) in [5, 5.41) is 4.35. The van der Waals surface area contributed by atoms with E-state index in [4.69, 9.17) is 4.74 Å². The average molecular weight is 217 g/mol. The van der Waals surface area contributed by atoms with E-state index in [0.29, 0.717) is 0 Å². The summed E-state index contributed by atoms with van der Waals surface area (Å²) >= 11 is 2.10. The molecule has 0 aromatic rings. The summed E-state index contributed by atoms with van der Waals surface area (Å²) in [5.41, 5.74) is 0.260. The van der Waals surface area contributed by atoms with Crippen molar-refractivity contribution in [1.82, 2.24) is 5.32 Å². The molecule has 0 aliphatic carbocycles. The molecule has 0 bridgehead atoms. The maximum absolute atomic E-state index is 5.33. The van der Waals surface area contributed by atoms with Crippen LogP contribution in [0.1, 0.15) is 33.6 Å². The van der Waals surface area contributed by atoms with Crippen LogP contribution in [0.4, 0.5) is 0 Å². The normalized spacial score (nSPS) is 19.9. The molecular formula is C11H23NOS. The highest BCUT2D eigenvalue weighted by atomic mass is 32.2. The van der Waals surface area contributed by atoms with Crippen molar-refractivity contribution < 1.29 is 4.74 Å². The van der Waals surface area contributed by atoms with Crippen molar-refractivity contribution in [2.45, 2.75) is 44.4 Å². The standard InChI is InChI=1S/C11H23NOS/c1-11(2,3)12-6-9-14-10-4-7-13-8-5-10/h10,12H,4-9H2,1-3H3. The first-order valence-corrected chi connectivity index (χ1v) is 6.57. The maximum Gasteiger partial charge on any atom is 0.0476 e. The Morgan fingerprint density at radius 3 is 2.50 bits per heavy atom. The van der Waals surface area contributed by atoms with Crippen LogP contribution >= 0.6 is 11.8 Å². The van der Waals surface area contributed by atoms with Gasteiger partial charge in [-0.25, -0.2) is 0 Å². The third-order valence-electron chi connectivity index (χ3n) is 2.28. The van der Waals surface area contributed by atoms with E-state index >= 15 is 0 Å². The third kappa shape index (κ3) is 5.89. The smallest absolute Gasteiger partial charge is 0.0476 e. The largest absolute Gasteiger partial charge is 0.381 e. The van der Waals surface area contributed by atoms with Crippen LogP contribution < -0.4 is 5.32 Å². The Labute approximate surface area is 92.2 Å². The zero-order chi connectivity index (χ0) is 10.4. The highest BCUT2D eigenvalue weighted by Gasteiger charge is 2.14. The molecule has 0 spiro atoms. The molecule has 0 atom stereocenters. The van der Waals surface area contributed by atoms with E-state index in [-0.39, 0.29) is 5.54 Å². The molecule has 1 rings (SSSR count). The molecule has 1 aliphatic rings. The number of rotatable bonds is 4. The molecule has 1 aliphatic heterocycles. The Morgan fingerprint density at radius 1 is 1.29 bits per heavy atom. The topological polar surface area (TPSA) is 21.3 Å². The van der Waals surface area contributed by atoms with Gasteiger partial charge in [0, 0.05) is 36.3 Å². The molecule has 0 aromatic heterocycles. The minimum atomic E-state index is 0.260. The van der Waals surface area contributed by atoms with Gasteiger partial charge in [0.25, 0.3) is 0 Å². The van der Waals surface area contributed by atoms with E-state index in [9.17, 15) is 0 Å². The molecule has 0 saturated carbocycles. The first-order valence-electron chi connectivity index (χ1n) is 5.52. The second-order valence-corrected chi connectivity index (χ2v) is 6.27. The molecule has 14 heavy (non-hydrogen) atoms. The van der Waals surface area contributed by atoms with Gasteiger partial charge in [-0.15, -0.1) is 0 Å². The summed E-state index contributed by atoms with van der Waals surface area (Å²) < 4.78 is 5.33. The number of nitrogens with one attached hydrogen (secondary N) is 1. The van der Waals surface area contributed by atoms with Crippen LogP contribution in [-0.2, 0) is 4.74 Å². The molecule has 0 amide bonds. The molecular weight excluding hydrogens is 194 g/mol. The van der Waals surface area contributed by atoms with Gasteiger partial charge in [0.1, 0.15) is 0 Å². The van der Waals surface area contributed by atoms with Crippen LogP contribution in [0.15, 0.2) is 0 Å². The molecule has 1 saturated heterocycles. The SMILES string of the molecule is CC(C)(C)NCCSC1CCOCC1. The Kier molecular flexibility index (Phi) is 5.28. The van der Waals surface area contributed by atoms with Crippen LogP contribution in [-0.4, -0.2) is 36.3 Å². The van der Waals surface area contributed by atoms with Gasteiger partial charge in [-0.2, -0.15) is 11.8 Å². The highest BCUT2D eigenvalue weighted by Crippen LogP contribution is 2.21. The first-order chi connectivity index (χ1) is 6.58. The van der Waals surface area contributed by atoms with E-state index in [1.807, 2.05) is 0 Å². The van der Waals surface area contributed by atoms with Crippen molar-refractivity contribution in [3.63, 3.8) is 0 Å². The monoisotopic (exact) mass is 217 g/mol. The van der Waals surface area contributed by atoms with Crippen molar-refractivity contribution in [3.8, 4) is 0 Å². The Balaban J connectivity index is 1.97. The maximum atomic E-state index is 5.33. The molecule has 0 aromatic carbocycles. The van der Waals surface area contributed by atoms with Gasteiger partial charge < -0.3 is 10.1 Å². The van der Waals surface area contributed by atoms with Gasteiger partial charge in [-0.1, -0.05) is 0 Å². The lowest BCUT2D eigenvalue weighted by Crippen LogP contribution is -2.37. The van der Waals surface area contributed by atoms with Crippen molar-refractivity contribution in [1.29, 1.82) is 0 Å². The molecule has 0 radical (unpaired) electrons. The number of thioether (sulfide) groups is 1.